The molecule has 132 valence electrons. The Kier molecular flexibility index (Phi) is 8.97. The Morgan fingerprint density at radius 3 is 2.42 bits per heavy atom. The van der Waals surface area contributed by atoms with E-state index in [1.807, 2.05) is 19.9 Å². The van der Waals surface area contributed by atoms with Crippen molar-refractivity contribution in [1.82, 2.24) is 20.1 Å². The van der Waals surface area contributed by atoms with Gasteiger partial charge in [0.05, 0.1) is 30.7 Å². The van der Waals surface area contributed by atoms with Gasteiger partial charge in [-0.25, -0.2) is 9.67 Å². The van der Waals surface area contributed by atoms with Crippen molar-refractivity contribution in [2.75, 3.05) is 18.4 Å². The minimum atomic E-state index is -0.381. The Balaban J connectivity index is 0.00000264. The summed E-state index contributed by atoms with van der Waals surface area (Å²) in [5, 5.41) is 9.36. The highest BCUT2D eigenvalue weighted by Crippen LogP contribution is 2.12. The molecule has 0 radical (unpaired) electrons. The third kappa shape index (κ3) is 5.80. The monoisotopic (exact) mass is 374 g/mol. The van der Waals surface area contributed by atoms with Crippen LogP contribution in [0, 0.1) is 13.8 Å². The van der Waals surface area contributed by atoms with Crippen molar-refractivity contribution >= 4 is 42.3 Å². The predicted molar refractivity (Wildman–Crippen MR) is 96.0 cm³/mol. The lowest BCUT2D eigenvalue weighted by Crippen LogP contribution is -2.36. The third-order valence-corrected chi connectivity index (χ3v) is 2.89. The number of anilines is 1. The molecule has 2 aromatic rings. The lowest BCUT2D eigenvalue weighted by molar-refractivity contribution is -0.123. The van der Waals surface area contributed by atoms with Crippen molar-refractivity contribution in [2.45, 2.75) is 13.8 Å². The molecule has 0 saturated carbocycles. The van der Waals surface area contributed by atoms with Crippen molar-refractivity contribution in [3.63, 3.8) is 0 Å². The number of hydrogen-bond donors (Lipinski definition) is 3. The largest absolute Gasteiger partial charge is 0.346 e. The van der Waals surface area contributed by atoms with Crippen LogP contribution in [-0.4, -0.2) is 39.7 Å². The summed E-state index contributed by atoms with van der Waals surface area (Å²) in [5.41, 5.74) is 7.56. The number of pyridine rings is 1. The van der Waals surface area contributed by atoms with E-state index in [0.717, 1.165) is 11.4 Å². The fraction of sp³-hybridized carbons (Fsp3) is 0.286. The maximum atomic E-state index is 11.6. The van der Waals surface area contributed by atoms with E-state index < -0.39 is 0 Å². The molecule has 2 heterocycles. The molecule has 0 aliphatic rings. The second-order valence-electron chi connectivity index (χ2n) is 4.77. The highest BCUT2D eigenvalue weighted by molar-refractivity contribution is 5.94. The zero-order chi connectivity index (χ0) is 16.1. The van der Waals surface area contributed by atoms with Gasteiger partial charge in [0.15, 0.2) is 5.82 Å². The van der Waals surface area contributed by atoms with Gasteiger partial charge in [0.25, 0.3) is 0 Å². The number of carbonyl (C=O) groups is 2. The highest BCUT2D eigenvalue weighted by atomic mass is 35.5. The molecule has 0 unspecified atom stereocenters. The number of rotatable bonds is 5. The average molecular weight is 375 g/mol. The van der Waals surface area contributed by atoms with Crippen LogP contribution in [0.25, 0.3) is 5.82 Å². The molecule has 2 amide bonds. The van der Waals surface area contributed by atoms with Crippen LogP contribution < -0.4 is 16.4 Å². The summed E-state index contributed by atoms with van der Waals surface area (Å²) >= 11 is 0. The molecular weight excluding hydrogens is 355 g/mol. The standard InChI is InChI=1S/C14H18N6O2.2ClH/c1-9-5-10(2)20(19-9)12-4-3-11(7-16-12)18-14(22)8-17-13(21)6-15;;/h3-5,7H,6,8,15H2,1-2H3,(H,17,21)(H,18,22);2*1H. The smallest absolute Gasteiger partial charge is 0.243 e. The topological polar surface area (TPSA) is 115 Å². The van der Waals surface area contributed by atoms with Crippen molar-refractivity contribution in [3.8, 4) is 5.82 Å². The van der Waals surface area contributed by atoms with Crippen LogP contribution in [0.5, 0.6) is 0 Å². The molecule has 8 nitrogen and oxygen atoms in total. The molecule has 0 saturated heterocycles. The number of halogens is 2. The Morgan fingerprint density at radius 1 is 1.21 bits per heavy atom. The zero-order valence-electron chi connectivity index (χ0n) is 13.3. The number of aromatic nitrogens is 3. The van der Waals surface area contributed by atoms with Crippen LogP contribution in [0.4, 0.5) is 5.69 Å². The first-order valence-corrected chi connectivity index (χ1v) is 6.76. The van der Waals surface area contributed by atoms with E-state index in [0.29, 0.717) is 11.5 Å². The van der Waals surface area contributed by atoms with E-state index >= 15 is 0 Å². The first-order chi connectivity index (χ1) is 10.5. The Hall–Kier alpha value is -2.16. The van der Waals surface area contributed by atoms with Crippen LogP contribution in [0.15, 0.2) is 24.4 Å². The lowest BCUT2D eigenvalue weighted by atomic mass is 10.3. The lowest BCUT2D eigenvalue weighted by Gasteiger charge is -2.07. The van der Waals surface area contributed by atoms with Crippen LogP contribution in [0.1, 0.15) is 11.4 Å². The van der Waals surface area contributed by atoms with Crippen LogP contribution >= 0.6 is 24.8 Å². The minimum absolute atomic E-state index is 0. The number of hydrogen-bond acceptors (Lipinski definition) is 5. The second-order valence-corrected chi connectivity index (χ2v) is 4.77. The van der Waals surface area contributed by atoms with E-state index in [2.05, 4.69) is 20.7 Å². The fourth-order valence-corrected chi connectivity index (χ4v) is 1.90. The highest BCUT2D eigenvalue weighted by Gasteiger charge is 2.07. The van der Waals surface area contributed by atoms with Crippen molar-refractivity contribution < 1.29 is 9.59 Å². The van der Waals surface area contributed by atoms with E-state index in [9.17, 15) is 9.59 Å². The molecule has 0 fully saturated rings. The summed E-state index contributed by atoms with van der Waals surface area (Å²) in [6.07, 6.45) is 1.54. The van der Waals surface area contributed by atoms with Gasteiger partial charge < -0.3 is 16.4 Å². The molecule has 0 aliphatic heterocycles. The molecule has 2 aromatic heterocycles. The molecule has 0 aromatic carbocycles. The number of carbonyl (C=O) groups excluding carboxylic acids is 2. The maximum Gasteiger partial charge on any atom is 0.243 e. The molecule has 0 aliphatic carbocycles. The van der Waals surface area contributed by atoms with Crippen LogP contribution in [0.2, 0.25) is 0 Å². The van der Waals surface area contributed by atoms with Crippen molar-refractivity contribution in [3.05, 3.63) is 35.8 Å². The van der Waals surface area contributed by atoms with E-state index in [1.54, 1.807) is 16.8 Å². The van der Waals surface area contributed by atoms with Gasteiger partial charge in [-0.2, -0.15) is 5.10 Å². The van der Waals surface area contributed by atoms with Gasteiger partial charge in [0.2, 0.25) is 11.8 Å². The molecule has 4 N–H and O–H groups in total. The summed E-state index contributed by atoms with van der Waals surface area (Å²) in [7, 11) is 0. The summed E-state index contributed by atoms with van der Waals surface area (Å²) in [6, 6.07) is 5.44. The SMILES string of the molecule is Cc1cc(C)n(-c2ccc(NC(=O)CNC(=O)CN)cn2)n1.Cl.Cl. The zero-order valence-corrected chi connectivity index (χ0v) is 14.9. The molecule has 10 heteroatoms. The predicted octanol–water partition coefficient (Wildman–Crippen LogP) is 0.741. The average Bonchev–Trinajstić information content (AvgIpc) is 2.84. The Bertz CT molecular complexity index is 687. The summed E-state index contributed by atoms with van der Waals surface area (Å²) in [5.74, 6) is -0.0596. The number of amides is 2. The molecule has 0 spiro atoms. The second kappa shape index (κ2) is 9.86. The molecule has 0 bridgehead atoms. The molecule has 2 rings (SSSR count). The van der Waals surface area contributed by atoms with Gasteiger partial charge in [-0.1, -0.05) is 0 Å². The Labute approximate surface area is 152 Å². The number of nitrogens with two attached hydrogens (primary N) is 1. The van der Waals surface area contributed by atoms with E-state index in [1.165, 1.54) is 6.20 Å². The van der Waals surface area contributed by atoms with Gasteiger partial charge in [-0.3, -0.25) is 9.59 Å². The van der Waals surface area contributed by atoms with E-state index in [4.69, 9.17) is 5.73 Å². The molecule has 24 heavy (non-hydrogen) atoms. The first-order valence-electron chi connectivity index (χ1n) is 6.76. The first kappa shape index (κ1) is 21.8. The van der Waals surface area contributed by atoms with Gasteiger partial charge in [-0.05, 0) is 32.0 Å². The van der Waals surface area contributed by atoms with Gasteiger partial charge in [-0.15, -0.1) is 24.8 Å². The maximum absolute atomic E-state index is 11.6. The minimum Gasteiger partial charge on any atom is -0.346 e. The third-order valence-electron chi connectivity index (χ3n) is 2.89. The Morgan fingerprint density at radius 2 is 1.92 bits per heavy atom. The van der Waals surface area contributed by atoms with Crippen molar-refractivity contribution in [1.29, 1.82) is 0 Å². The number of nitrogens with one attached hydrogen (secondary N) is 2. The number of aryl methyl sites for hydroxylation is 2. The normalized spacial score (nSPS) is 9.46. The van der Waals surface area contributed by atoms with Crippen LogP contribution in [0.3, 0.4) is 0 Å². The molecule has 0 atom stereocenters. The van der Waals surface area contributed by atoms with Crippen LogP contribution in [-0.2, 0) is 9.59 Å². The molecular formula is C14H20Cl2N6O2. The van der Waals surface area contributed by atoms with Gasteiger partial charge in [0.1, 0.15) is 0 Å². The van der Waals surface area contributed by atoms with E-state index in [-0.39, 0.29) is 49.7 Å². The van der Waals surface area contributed by atoms with Crippen molar-refractivity contribution in [2.24, 2.45) is 5.73 Å². The summed E-state index contributed by atoms with van der Waals surface area (Å²) in [4.78, 5) is 26.9. The van der Waals surface area contributed by atoms with Gasteiger partial charge in [0, 0.05) is 5.69 Å². The number of nitrogens with zero attached hydrogens (tertiary/aromatic N) is 3. The van der Waals surface area contributed by atoms with Gasteiger partial charge >= 0.3 is 0 Å². The quantitative estimate of drug-likeness (QED) is 0.713. The summed E-state index contributed by atoms with van der Waals surface area (Å²) < 4.78 is 1.72. The summed E-state index contributed by atoms with van der Waals surface area (Å²) in [6.45, 7) is 3.58. The fourth-order valence-electron chi connectivity index (χ4n) is 1.90.